The Hall–Kier alpha value is 0. The first-order valence-corrected chi connectivity index (χ1v) is 19.4. The number of rotatable bonds is 0. The third kappa shape index (κ3) is 0.452. The normalized spacial score (nSPS) is 123. The minimum absolute atomic E-state index is 1.08. The molecule has 0 nitrogen and oxygen atoms in total. The summed E-state index contributed by atoms with van der Waals surface area (Å²) in [4.78, 5) is 0. The summed E-state index contributed by atoms with van der Waals surface area (Å²) in [6.07, 6.45) is 7.01. The van der Waals surface area contributed by atoms with E-state index in [9.17, 15) is 0 Å². The molecule has 0 aliphatic heterocycles. The van der Waals surface area contributed by atoms with Crippen LogP contribution in [0.3, 0.4) is 0 Å². The maximum Gasteiger partial charge on any atom is -0.00932 e. The molecular formula is C39H32. The lowest BCUT2D eigenvalue weighted by molar-refractivity contribution is -0.928. The fourth-order valence-electron chi connectivity index (χ4n) is 35.4. The summed E-state index contributed by atoms with van der Waals surface area (Å²) >= 11 is 0. The summed E-state index contributed by atoms with van der Waals surface area (Å²) in [5.74, 6) is 32.7. The van der Waals surface area contributed by atoms with Crippen molar-refractivity contribution in [3.63, 3.8) is 0 Å². The van der Waals surface area contributed by atoms with Gasteiger partial charge in [-0.25, -0.2) is 0 Å². The summed E-state index contributed by atoms with van der Waals surface area (Å²) < 4.78 is 0. The van der Waals surface area contributed by atoms with E-state index < -0.39 is 0 Å². The van der Waals surface area contributed by atoms with E-state index in [1.165, 1.54) is 142 Å². The first-order chi connectivity index (χ1) is 19.4. The van der Waals surface area contributed by atoms with Crippen molar-refractivity contribution in [2.75, 3.05) is 0 Å². The summed E-state index contributed by atoms with van der Waals surface area (Å²) in [5, 5.41) is 0. The van der Waals surface area contributed by atoms with Crippen LogP contribution in [0.5, 0.6) is 0 Å². The summed E-state index contributed by atoms with van der Waals surface area (Å²) in [6.45, 7) is 0. The SMILES string of the molecule is C1C2CC3C4C5C6C7C8C9C%10C%11C%12[C@@H]%13CC%14C[C@@H]%15C%16C%17C%18C%19C%20C%21C%22C%23C%24C1C23C%244C%235C%226C%217C%208C%199C%18%10C%17%11C%16%12C%14%15%13. The molecule has 24 fully saturated rings. The highest BCUT2D eigenvalue weighted by Gasteiger charge is 3.37. The highest BCUT2D eigenvalue weighted by Crippen LogP contribution is 3.39. The number of hydrogen-bond donors (Lipinski definition) is 0. The van der Waals surface area contributed by atoms with Gasteiger partial charge in [-0.05, 0) is 227 Å². The van der Waals surface area contributed by atoms with Crippen LogP contribution in [0.15, 0.2) is 0 Å². The lowest BCUT2D eigenvalue weighted by Crippen LogP contribution is -3.36. The van der Waals surface area contributed by atoms with Crippen LogP contribution in [-0.4, -0.2) is 0 Å². The zero-order chi connectivity index (χ0) is 22.2. The predicted molar refractivity (Wildman–Crippen MR) is 129 cm³/mol. The van der Waals surface area contributed by atoms with Gasteiger partial charge in [-0.3, -0.25) is 0 Å². The summed E-state index contributed by atoms with van der Waals surface area (Å²) in [5.41, 5.74) is 12.0. The average molecular weight is 501 g/mol. The maximum atomic E-state index is 1.75. The van der Waals surface area contributed by atoms with Gasteiger partial charge in [0.1, 0.15) is 0 Å². The van der Waals surface area contributed by atoms with Crippen LogP contribution in [-0.2, 0) is 0 Å². The molecule has 39 heavy (non-hydrogen) atoms. The molecule has 0 heterocycles. The van der Waals surface area contributed by atoms with E-state index >= 15 is 0 Å². The Labute approximate surface area is 226 Å². The van der Waals surface area contributed by atoms with Gasteiger partial charge in [0.2, 0.25) is 0 Å². The first kappa shape index (κ1) is 14.7. The van der Waals surface area contributed by atoms with Crippen molar-refractivity contribution in [1.29, 1.82) is 0 Å². The molecule has 24 aliphatic carbocycles. The van der Waals surface area contributed by atoms with E-state index in [1.54, 1.807) is 25.7 Å². The molecule has 24 aliphatic rings. The van der Waals surface area contributed by atoms with Crippen LogP contribution in [0.4, 0.5) is 0 Å². The van der Waals surface area contributed by atoms with Crippen molar-refractivity contribution in [3.8, 4) is 0 Å². The lowest BCUT2D eigenvalue weighted by Gasteiger charge is -3.38. The molecule has 0 radical (unpaired) electrons. The molecule has 0 N–H and O–H groups in total. The number of fused-ring (bicyclic) bond motifs is 20. The summed E-state index contributed by atoms with van der Waals surface area (Å²) in [6, 6.07) is 0. The monoisotopic (exact) mass is 500 g/mol. The van der Waals surface area contributed by atoms with Gasteiger partial charge in [-0.15, -0.1) is 0 Å². The van der Waals surface area contributed by atoms with E-state index in [-0.39, 0.29) is 0 Å². The standard InChI is InChI=1S/C39H32/c1-5-2-8-12-16-20-24-28-26-22-18-14-10-4-6-3-9-13-17-21-25-27-23-19-15-11-7(1)29(5,8)31(11,12)33(15,16)35(19,20)37(23,24)39(27,28)38(25,26)36(21,22)34(17,18)32(13,14)30(6,9)10/h5-28H,1-4H2/t5?,6?,7-,8+,9?,10?,11?,12?,13?,14?,15?,16?,17?,18?,19?,20?,21?,22?,23?,24?,25?,26?,27?,28?,29?,30?,31?,32?,33?,34?,35?,36?,37?,38?,39?. The third-order valence-corrected chi connectivity index (χ3v) is 30.3. The van der Waals surface area contributed by atoms with Crippen LogP contribution in [0.25, 0.3) is 0 Å². The molecule has 24 saturated carbocycles. The van der Waals surface area contributed by atoms with Crippen molar-refractivity contribution in [3.05, 3.63) is 0 Å². The Morgan fingerprint density at radius 3 is 0.667 bits per heavy atom. The van der Waals surface area contributed by atoms with Gasteiger partial charge in [0.05, 0.1) is 0 Å². The zero-order valence-electron chi connectivity index (χ0n) is 22.2. The molecule has 0 aromatic carbocycles. The van der Waals surface area contributed by atoms with E-state index in [2.05, 4.69) is 0 Å². The Bertz CT molecular complexity index is 1770. The Morgan fingerprint density at radius 2 is 0.436 bits per heavy atom. The van der Waals surface area contributed by atoms with Gasteiger partial charge < -0.3 is 0 Å². The molecule has 0 amide bonds. The smallest absolute Gasteiger partial charge is 0.00932 e. The molecule has 0 aromatic heterocycles. The maximum absolute atomic E-state index is 1.75. The van der Waals surface area contributed by atoms with E-state index in [4.69, 9.17) is 0 Å². The average Bonchev–Trinajstić information content (AvgIpc) is 2.79. The second kappa shape index (κ2) is 2.58. The predicted octanol–water partition coefficient (Wildman–Crippen LogP) is 4.51. The molecule has 24 rings (SSSR count). The van der Waals surface area contributed by atoms with Gasteiger partial charge >= 0.3 is 0 Å². The van der Waals surface area contributed by atoms with Crippen molar-refractivity contribution in [2.24, 2.45) is 202 Å². The van der Waals surface area contributed by atoms with Crippen molar-refractivity contribution in [1.82, 2.24) is 0 Å². The fourth-order valence-corrected chi connectivity index (χ4v) is 35.4. The minimum Gasteiger partial charge on any atom is -0.0461 e. The second-order valence-electron chi connectivity index (χ2n) is 23.9. The minimum atomic E-state index is 1.08. The quantitative estimate of drug-likeness (QED) is 0.459. The number of hydrogen-bond acceptors (Lipinski definition) is 0. The van der Waals surface area contributed by atoms with E-state index in [0.29, 0.717) is 0 Å². The Balaban J connectivity index is 0.797. The van der Waals surface area contributed by atoms with E-state index in [1.807, 2.05) is 0 Å². The highest BCUT2D eigenvalue weighted by molar-refractivity contribution is 5.83. The molecule has 35 atom stereocenters. The van der Waals surface area contributed by atoms with Crippen LogP contribution in [0, 0.1) is 202 Å². The van der Waals surface area contributed by atoms with Gasteiger partial charge in [0, 0.05) is 0 Å². The first-order valence-electron chi connectivity index (χ1n) is 19.4. The topological polar surface area (TPSA) is 0 Å². The van der Waals surface area contributed by atoms with Gasteiger partial charge in [0.15, 0.2) is 0 Å². The highest BCUT2D eigenvalue weighted by atomic mass is 15.4. The van der Waals surface area contributed by atoms with Gasteiger partial charge in [-0.2, -0.15) is 0 Å². The van der Waals surface area contributed by atoms with Crippen LogP contribution in [0.2, 0.25) is 0 Å². The Kier molecular flexibility index (Phi) is 0.969. The van der Waals surface area contributed by atoms with Crippen LogP contribution in [0.1, 0.15) is 25.7 Å². The third-order valence-electron chi connectivity index (χ3n) is 30.3. The van der Waals surface area contributed by atoms with Crippen molar-refractivity contribution >= 4 is 0 Å². The molecule has 0 aromatic rings. The largest absolute Gasteiger partial charge is 0.0461 e. The zero-order valence-corrected chi connectivity index (χ0v) is 22.2. The van der Waals surface area contributed by atoms with Crippen LogP contribution >= 0.6 is 0 Å². The van der Waals surface area contributed by atoms with Crippen molar-refractivity contribution < 1.29 is 0 Å². The van der Waals surface area contributed by atoms with Crippen LogP contribution < -0.4 is 0 Å². The molecule has 33 unspecified atom stereocenters. The fraction of sp³-hybridized carbons (Fsp3) is 1.00. The molecule has 11 spiro atoms. The molecular weight excluding hydrogens is 468 g/mol. The van der Waals surface area contributed by atoms with Crippen molar-refractivity contribution in [2.45, 2.75) is 25.7 Å². The second-order valence-corrected chi connectivity index (χ2v) is 23.9. The summed E-state index contributed by atoms with van der Waals surface area (Å²) in [7, 11) is 0. The molecule has 0 bridgehead atoms. The molecule has 188 valence electrons. The van der Waals surface area contributed by atoms with Gasteiger partial charge in [-0.1, -0.05) is 0 Å². The molecule has 0 heteroatoms. The van der Waals surface area contributed by atoms with Gasteiger partial charge in [0.25, 0.3) is 0 Å². The Morgan fingerprint density at radius 1 is 0.231 bits per heavy atom. The van der Waals surface area contributed by atoms with E-state index in [0.717, 1.165) is 59.6 Å². The lowest BCUT2D eigenvalue weighted by atomic mass is 8.65. The molecule has 0 saturated heterocycles.